The van der Waals surface area contributed by atoms with Crippen LogP contribution in [-0.4, -0.2) is 32.3 Å². The predicted molar refractivity (Wildman–Crippen MR) is 105 cm³/mol. The number of nitrogens with one attached hydrogen (secondary N) is 1. The molecule has 2 aromatic heterocycles. The lowest BCUT2D eigenvalue weighted by molar-refractivity contribution is 0.0609. The Bertz CT molecular complexity index is 996. The molecule has 1 aliphatic rings. The topological polar surface area (TPSA) is 79.0 Å². The van der Waals surface area contributed by atoms with Gasteiger partial charge in [0.2, 0.25) is 0 Å². The van der Waals surface area contributed by atoms with E-state index in [0.717, 1.165) is 35.4 Å². The minimum Gasteiger partial charge on any atom is -0.329 e. The number of carbonyl (C=O) groups is 1. The fraction of sp³-hybridized carbons (Fsp3) is 0.300. The third-order valence-corrected chi connectivity index (χ3v) is 5.73. The van der Waals surface area contributed by atoms with Gasteiger partial charge in [-0.1, -0.05) is 29.8 Å². The number of thiazole rings is 1. The number of rotatable bonds is 3. The van der Waals surface area contributed by atoms with Crippen LogP contribution in [0, 0.1) is 6.92 Å². The van der Waals surface area contributed by atoms with Crippen LogP contribution >= 0.6 is 11.3 Å². The van der Waals surface area contributed by atoms with Gasteiger partial charge in [0.25, 0.3) is 11.5 Å². The van der Waals surface area contributed by atoms with Crippen molar-refractivity contribution in [3.05, 3.63) is 68.5 Å². The highest BCUT2D eigenvalue weighted by molar-refractivity contribution is 7.09. The van der Waals surface area contributed by atoms with E-state index in [1.54, 1.807) is 22.4 Å². The monoisotopic (exact) mass is 380 g/mol. The number of amides is 1. The van der Waals surface area contributed by atoms with Gasteiger partial charge in [0.15, 0.2) is 0 Å². The summed E-state index contributed by atoms with van der Waals surface area (Å²) >= 11 is 1.54. The number of piperidine rings is 1. The van der Waals surface area contributed by atoms with Crippen molar-refractivity contribution in [2.45, 2.75) is 32.2 Å². The van der Waals surface area contributed by atoms with Gasteiger partial charge in [-0.15, -0.1) is 11.3 Å². The van der Waals surface area contributed by atoms with Crippen LogP contribution in [0.4, 0.5) is 0 Å². The Morgan fingerprint density at radius 1 is 1.22 bits per heavy atom. The highest BCUT2D eigenvalue weighted by Crippen LogP contribution is 2.32. The average Bonchev–Trinajstić information content (AvgIpc) is 3.23. The van der Waals surface area contributed by atoms with Crippen LogP contribution in [0.25, 0.3) is 11.4 Å². The smallest absolute Gasteiger partial charge is 0.264 e. The standard InChI is InChI=1S/C20H20N4O2S/c1-13-5-7-14(8-6-13)17-22-12-15(18(25)23-17)20(26)24-10-3-2-4-16(24)19-21-9-11-27-19/h5-9,11-12,16H,2-4,10H2,1H3,(H,22,23,25). The van der Waals surface area contributed by atoms with Crippen LogP contribution in [0.15, 0.2) is 46.8 Å². The number of hydrogen-bond donors (Lipinski definition) is 1. The summed E-state index contributed by atoms with van der Waals surface area (Å²) in [6.45, 7) is 2.63. The van der Waals surface area contributed by atoms with Gasteiger partial charge in [-0.2, -0.15) is 0 Å². The van der Waals surface area contributed by atoms with Crippen LogP contribution in [0.2, 0.25) is 0 Å². The lowest BCUT2D eigenvalue weighted by Gasteiger charge is -2.34. The average molecular weight is 380 g/mol. The van der Waals surface area contributed by atoms with Crippen molar-refractivity contribution in [3.8, 4) is 11.4 Å². The number of benzene rings is 1. The van der Waals surface area contributed by atoms with E-state index >= 15 is 0 Å². The Labute approximate surface area is 160 Å². The zero-order valence-corrected chi connectivity index (χ0v) is 15.8. The van der Waals surface area contributed by atoms with Crippen LogP contribution in [0.3, 0.4) is 0 Å². The van der Waals surface area contributed by atoms with Gasteiger partial charge in [-0.05, 0) is 26.2 Å². The first-order chi connectivity index (χ1) is 13.1. The molecular formula is C20H20N4O2S. The second-order valence-electron chi connectivity index (χ2n) is 6.72. The molecule has 1 saturated heterocycles. The van der Waals surface area contributed by atoms with Gasteiger partial charge in [0.05, 0.1) is 6.04 Å². The zero-order chi connectivity index (χ0) is 18.8. The molecule has 138 valence electrons. The fourth-order valence-corrected chi connectivity index (χ4v) is 4.18. The number of nitrogens with zero attached hydrogens (tertiary/aromatic N) is 3. The maximum Gasteiger partial charge on any atom is 0.264 e. The number of likely N-dealkylation sites (tertiary alicyclic amines) is 1. The molecule has 1 aliphatic heterocycles. The van der Waals surface area contributed by atoms with E-state index in [1.807, 2.05) is 36.6 Å². The second kappa shape index (κ2) is 7.44. The zero-order valence-electron chi connectivity index (χ0n) is 15.0. The molecule has 0 radical (unpaired) electrons. The third kappa shape index (κ3) is 3.55. The molecule has 1 aromatic carbocycles. The summed E-state index contributed by atoms with van der Waals surface area (Å²) < 4.78 is 0. The van der Waals surface area contributed by atoms with Gasteiger partial charge in [0, 0.05) is 29.9 Å². The molecule has 1 N–H and O–H groups in total. The molecule has 3 aromatic rings. The molecule has 3 heterocycles. The summed E-state index contributed by atoms with van der Waals surface area (Å²) in [5.74, 6) is 0.186. The molecule has 1 fully saturated rings. The van der Waals surface area contributed by atoms with Crippen LogP contribution < -0.4 is 5.56 Å². The Morgan fingerprint density at radius 3 is 2.74 bits per heavy atom. The summed E-state index contributed by atoms with van der Waals surface area (Å²) in [5.41, 5.74) is 1.62. The van der Waals surface area contributed by atoms with E-state index < -0.39 is 5.56 Å². The van der Waals surface area contributed by atoms with Crippen molar-refractivity contribution in [2.75, 3.05) is 6.54 Å². The third-order valence-electron chi connectivity index (χ3n) is 4.85. The van der Waals surface area contributed by atoms with Gasteiger partial charge in [-0.25, -0.2) is 9.97 Å². The van der Waals surface area contributed by atoms with Gasteiger partial charge < -0.3 is 9.88 Å². The largest absolute Gasteiger partial charge is 0.329 e. The first-order valence-electron chi connectivity index (χ1n) is 9.00. The van der Waals surface area contributed by atoms with E-state index in [9.17, 15) is 9.59 Å². The first kappa shape index (κ1) is 17.6. The molecular weight excluding hydrogens is 360 g/mol. The minimum absolute atomic E-state index is 0.0672. The van der Waals surface area contributed by atoms with Crippen molar-refractivity contribution in [1.82, 2.24) is 19.9 Å². The van der Waals surface area contributed by atoms with Crippen LogP contribution in [0.1, 0.15) is 46.2 Å². The molecule has 0 aliphatic carbocycles. The van der Waals surface area contributed by atoms with Crippen molar-refractivity contribution in [2.24, 2.45) is 0 Å². The minimum atomic E-state index is -0.408. The molecule has 1 amide bonds. The maximum atomic E-state index is 13.1. The molecule has 7 heteroatoms. The van der Waals surface area contributed by atoms with E-state index in [4.69, 9.17) is 0 Å². The van der Waals surface area contributed by atoms with Gasteiger partial charge >= 0.3 is 0 Å². The van der Waals surface area contributed by atoms with Gasteiger partial charge in [0.1, 0.15) is 16.4 Å². The molecule has 1 atom stereocenters. The molecule has 0 bridgehead atoms. The van der Waals surface area contributed by atoms with E-state index in [0.29, 0.717) is 12.4 Å². The quantitative estimate of drug-likeness (QED) is 0.753. The Balaban J connectivity index is 1.63. The molecule has 1 unspecified atom stereocenters. The molecule has 0 saturated carbocycles. The number of aromatic nitrogens is 3. The first-order valence-corrected chi connectivity index (χ1v) is 9.88. The highest BCUT2D eigenvalue weighted by Gasteiger charge is 2.31. The number of aromatic amines is 1. The van der Waals surface area contributed by atoms with Crippen molar-refractivity contribution >= 4 is 17.2 Å². The summed E-state index contributed by atoms with van der Waals surface area (Å²) in [7, 11) is 0. The summed E-state index contributed by atoms with van der Waals surface area (Å²) in [4.78, 5) is 38.9. The predicted octanol–water partition coefficient (Wildman–Crippen LogP) is 3.57. The number of hydrogen-bond acceptors (Lipinski definition) is 5. The van der Waals surface area contributed by atoms with Crippen molar-refractivity contribution in [1.29, 1.82) is 0 Å². The van der Waals surface area contributed by atoms with Crippen LogP contribution in [0.5, 0.6) is 0 Å². The molecule has 0 spiro atoms. The van der Waals surface area contributed by atoms with Crippen molar-refractivity contribution in [3.63, 3.8) is 0 Å². The SMILES string of the molecule is Cc1ccc(-c2ncc(C(=O)N3CCCCC3c3nccs3)c(=O)[nH]2)cc1. The number of H-pyrrole nitrogens is 1. The summed E-state index contributed by atoms with van der Waals surface area (Å²) in [6.07, 6.45) is 5.99. The Hall–Kier alpha value is -2.80. The fourth-order valence-electron chi connectivity index (χ4n) is 3.39. The van der Waals surface area contributed by atoms with E-state index in [-0.39, 0.29) is 17.5 Å². The lowest BCUT2D eigenvalue weighted by atomic mass is 10.0. The maximum absolute atomic E-state index is 13.1. The second-order valence-corrected chi connectivity index (χ2v) is 7.65. The lowest BCUT2D eigenvalue weighted by Crippen LogP contribution is -2.40. The molecule has 6 nitrogen and oxygen atoms in total. The normalized spacial score (nSPS) is 17.1. The highest BCUT2D eigenvalue weighted by atomic mass is 32.1. The van der Waals surface area contributed by atoms with Crippen molar-refractivity contribution < 1.29 is 4.79 Å². The van der Waals surface area contributed by atoms with Crippen LogP contribution in [-0.2, 0) is 0 Å². The molecule has 4 rings (SSSR count). The Kier molecular flexibility index (Phi) is 4.85. The number of carbonyl (C=O) groups excluding carboxylic acids is 1. The van der Waals surface area contributed by atoms with Gasteiger partial charge in [-0.3, -0.25) is 9.59 Å². The molecule has 27 heavy (non-hydrogen) atoms. The van der Waals surface area contributed by atoms with E-state index in [1.165, 1.54) is 6.20 Å². The summed E-state index contributed by atoms with van der Waals surface area (Å²) in [6, 6.07) is 7.65. The summed E-state index contributed by atoms with van der Waals surface area (Å²) in [5, 5.41) is 2.83. The number of aryl methyl sites for hydroxylation is 1. The van der Waals surface area contributed by atoms with E-state index in [2.05, 4.69) is 15.0 Å². The Morgan fingerprint density at radius 2 is 2.04 bits per heavy atom.